The summed E-state index contributed by atoms with van der Waals surface area (Å²) in [6, 6.07) is -0.735. The van der Waals surface area contributed by atoms with Crippen LogP contribution in [0.3, 0.4) is 0 Å². The van der Waals surface area contributed by atoms with Crippen LogP contribution in [0.25, 0.3) is 0 Å². The van der Waals surface area contributed by atoms with Crippen molar-refractivity contribution in [3.05, 3.63) is 23.1 Å². The van der Waals surface area contributed by atoms with Crippen molar-refractivity contribution >= 4 is 39.6 Å². The number of anilines is 2. The van der Waals surface area contributed by atoms with Gasteiger partial charge in [0.05, 0.1) is 41.9 Å². The van der Waals surface area contributed by atoms with Crippen molar-refractivity contribution in [2.45, 2.75) is 49.8 Å². The Kier molecular flexibility index (Phi) is 7.06. The maximum absolute atomic E-state index is 12.5. The summed E-state index contributed by atoms with van der Waals surface area (Å²) in [6.45, 7) is 5.45. The Morgan fingerprint density at radius 1 is 1.29 bits per heavy atom. The minimum atomic E-state index is -3.53. The van der Waals surface area contributed by atoms with Crippen LogP contribution in [0.2, 0.25) is 5.02 Å². The van der Waals surface area contributed by atoms with Gasteiger partial charge in [-0.3, -0.25) is 4.99 Å². The number of hydrogen-bond donors (Lipinski definition) is 4. The van der Waals surface area contributed by atoms with Gasteiger partial charge in [0.1, 0.15) is 17.2 Å². The van der Waals surface area contributed by atoms with Gasteiger partial charge in [-0.2, -0.15) is 4.98 Å². The first-order valence-corrected chi connectivity index (χ1v) is 11.6. The Labute approximate surface area is 186 Å². The van der Waals surface area contributed by atoms with Crippen LogP contribution >= 0.6 is 11.6 Å². The Hall–Kier alpha value is -1.99. The van der Waals surface area contributed by atoms with Gasteiger partial charge in [0.2, 0.25) is 16.0 Å². The highest BCUT2D eigenvalue weighted by atomic mass is 35.5. The van der Waals surface area contributed by atoms with Crippen molar-refractivity contribution in [2.24, 2.45) is 10.7 Å². The van der Waals surface area contributed by atoms with Crippen molar-refractivity contribution in [3.8, 4) is 0 Å². The van der Waals surface area contributed by atoms with Gasteiger partial charge in [0, 0.05) is 19.5 Å². The molecule has 3 heterocycles. The molecule has 11 nitrogen and oxygen atoms in total. The highest BCUT2D eigenvalue weighted by molar-refractivity contribution is 7.90. The van der Waals surface area contributed by atoms with Crippen LogP contribution in [0, 0.1) is 0 Å². The van der Waals surface area contributed by atoms with E-state index in [1.807, 2.05) is 0 Å². The molecule has 0 spiro atoms. The molecule has 2 aliphatic rings. The Balaban J connectivity index is 1.69. The molecule has 3 rings (SSSR count). The summed E-state index contributed by atoms with van der Waals surface area (Å²) in [7, 11) is -1.92. The zero-order valence-corrected chi connectivity index (χ0v) is 19.4. The molecule has 0 aromatic carbocycles. The Bertz CT molecular complexity index is 964. The topological polar surface area (TPSA) is 153 Å². The van der Waals surface area contributed by atoms with E-state index in [1.165, 1.54) is 18.6 Å². The van der Waals surface area contributed by atoms with Crippen molar-refractivity contribution in [2.75, 3.05) is 30.9 Å². The lowest BCUT2D eigenvalue weighted by Crippen LogP contribution is -2.50. The predicted octanol–water partition coefficient (Wildman–Crippen LogP) is 0.707. The third kappa shape index (κ3) is 5.26. The number of nitrogens with one attached hydrogen (secondary N) is 3. The standard InChI is InChI=1S/C18H28ClN7O4S/c1-18(2,3)31(27,28)26-13-9-30-14-12(8-29-15(13)14)24-16-11(19)7-22-17(25-16)23-10(5-20)6-21-4/h5-7,12-15,26H,8-9,20H2,1-4H3,(H2,22,23,24,25). The largest absolute Gasteiger partial charge is 0.403 e. The van der Waals surface area contributed by atoms with Crippen LogP contribution in [0.5, 0.6) is 0 Å². The monoisotopic (exact) mass is 473 g/mol. The van der Waals surface area contributed by atoms with Crippen LogP contribution in [0.1, 0.15) is 20.8 Å². The zero-order chi connectivity index (χ0) is 22.8. The Morgan fingerprint density at radius 3 is 2.55 bits per heavy atom. The summed E-state index contributed by atoms with van der Waals surface area (Å²) < 4.78 is 38.5. The zero-order valence-electron chi connectivity index (χ0n) is 17.8. The summed E-state index contributed by atoms with van der Waals surface area (Å²) in [6.07, 6.45) is 3.56. The maximum Gasteiger partial charge on any atom is 0.229 e. The van der Waals surface area contributed by atoms with E-state index in [1.54, 1.807) is 27.8 Å². The molecule has 172 valence electrons. The van der Waals surface area contributed by atoms with Gasteiger partial charge in [0.15, 0.2) is 5.82 Å². The molecule has 2 fully saturated rings. The minimum Gasteiger partial charge on any atom is -0.403 e. The van der Waals surface area contributed by atoms with Crippen LogP contribution in [0.4, 0.5) is 11.8 Å². The number of ether oxygens (including phenoxy) is 2. The van der Waals surface area contributed by atoms with Crippen LogP contribution in [-0.4, -0.2) is 73.9 Å². The molecular formula is C18H28ClN7O4S. The number of halogens is 1. The fourth-order valence-corrected chi connectivity index (χ4v) is 4.29. The quantitative estimate of drug-likeness (QED) is 0.419. The van der Waals surface area contributed by atoms with E-state index in [-0.39, 0.29) is 24.7 Å². The average Bonchev–Trinajstić information content (AvgIpc) is 3.26. The fraction of sp³-hybridized carbons (Fsp3) is 0.611. The SMILES string of the molecule is CN=CC(=CN)Nc1ncc(Cl)c(NC2COC3C(NS(=O)(=O)C(C)(C)C)COC23)n1. The van der Waals surface area contributed by atoms with Crippen molar-refractivity contribution in [1.82, 2.24) is 14.7 Å². The summed E-state index contributed by atoms with van der Waals surface area (Å²) in [5.74, 6) is 0.669. The van der Waals surface area contributed by atoms with Crippen molar-refractivity contribution < 1.29 is 17.9 Å². The average molecular weight is 474 g/mol. The molecule has 0 saturated carbocycles. The van der Waals surface area contributed by atoms with Gasteiger partial charge in [-0.15, -0.1) is 0 Å². The molecule has 0 bridgehead atoms. The van der Waals surface area contributed by atoms with E-state index < -0.39 is 26.9 Å². The van der Waals surface area contributed by atoms with E-state index in [0.717, 1.165) is 0 Å². The van der Waals surface area contributed by atoms with Crippen molar-refractivity contribution in [3.63, 3.8) is 0 Å². The molecule has 5 N–H and O–H groups in total. The van der Waals surface area contributed by atoms with Crippen LogP contribution in [-0.2, 0) is 19.5 Å². The molecule has 4 unspecified atom stereocenters. The lowest BCUT2D eigenvalue weighted by Gasteiger charge is -2.24. The first-order valence-electron chi connectivity index (χ1n) is 9.71. The molecule has 2 saturated heterocycles. The molecule has 0 amide bonds. The van der Waals surface area contributed by atoms with Crippen LogP contribution in [0.15, 0.2) is 23.1 Å². The lowest BCUT2D eigenvalue weighted by molar-refractivity contribution is 0.0690. The van der Waals surface area contributed by atoms with E-state index >= 15 is 0 Å². The molecule has 0 radical (unpaired) electrons. The first kappa shape index (κ1) is 23.7. The third-order valence-corrected chi connectivity index (χ3v) is 7.44. The molecule has 31 heavy (non-hydrogen) atoms. The van der Waals surface area contributed by atoms with E-state index in [0.29, 0.717) is 23.1 Å². The van der Waals surface area contributed by atoms with E-state index in [4.69, 9.17) is 26.8 Å². The summed E-state index contributed by atoms with van der Waals surface area (Å²) >= 11 is 6.26. The van der Waals surface area contributed by atoms with Gasteiger partial charge in [0.25, 0.3) is 0 Å². The molecule has 2 aliphatic heterocycles. The fourth-order valence-electron chi connectivity index (χ4n) is 3.19. The number of nitrogens with two attached hydrogens (primary N) is 1. The smallest absolute Gasteiger partial charge is 0.229 e. The molecule has 13 heteroatoms. The van der Waals surface area contributed by atoms with Gasteiger partial charge in [-0.05, 0) is 20.8 Å². The minimum absolute atomic E-state index is 0.216. The number of rotatable bonds is 7. The van der Waals surface area contributed by atoms with Gasteiger partial charge < -0.3 is 25.8 Å². The highest BCUT2D eigenvalue weighted by Crippen LogP contribution is 2.31. The van der Waals surface area contributed by atoms with Crippen LogP contribution < -0.4 is 21.1 Å². The normalized spacial score (nSPS) is 26.9. The van der Waals surface area contributed by atoms with E-state index in [9.17, 15) is 8.42 Å². The number of aromatic nitrogens is 2. The summed E-state index contributed by atoms with van der Waals surface area (Å²) in [4.78, 5) is 12.4. The van der Waals surface area contributed by atoms with Gasteiger partial charge >= 0.3 is 0 Å². The second kappa shape index (κ2) is 9.25. The first-order chi connectivity index (χ1) is 14.6. The molecule has 0 aliphatic carbocycles. The molecular weight excluding hydrogens is 446 g/mol. The molecule has 4 atom stereocenters. The van der Waals surface area contributed by atoms with Crippen molar-refractivity contribution in [1.29, 1.82) is 0 Å². The second-order valence-electron chi connectivity index (χ2n) is 8.21. The summed E-state index contributed by atoms with van der Waals surface area (Å²) in [5.41, 5.74) is 6.08. The summed E-state index contributed by atoms with van der Waals surface area (Å²) in [5, 5.41) is 6.48. The number of fused-ring (bicyclic) bond motifs is 1. The number of aliphatic imine (C=N–C) groups is 1. The molecule has 1 aromatic rings. The number of sulfonamides is 1. The van der Waals surface area contributed by atoms with Gasteiger partial charge in [-0.1, -0.05) is 11.6 Å². The number of hydrogen-bond acceptors (Lipinski definition) is 10. The van der Waals surface area contributed by atoms with E-state index in [2.05, 4.69) is 30.3 Å². The van der Waals surface area contributed by atoms with Gasteiger partial charge in [-0.25, -0.2) is 18.1 Å². The number of allylic oxidation sites excluding steroid dienone is 1. The highest BCUT2D eigenvalue weighted by Gasteiger charge is 2.50. The maximum atomic E-state index is 12.5. The lowest BCUT2D eigenvalue weighted by atomic mass is 10.1. The second-order valence-corrected chi connectivity index (χ2v) is 11.1. The number of nitrogens with zero attached hydrogens (tertiary/aromatic N) is 3. The Morgan fingerprint density at radius 2 is 1.94 bits per heavy atom. The molecule has 1 aromatic heterocycles. The third-order valence-electron chi connectivity index (χ3n) is 4.94. The predicted molar refractivity (Wildman–Crippen MR) is 120 cm³/mol.